The highest BCUT2D eigenvalue weighted by Gasteiger charge is 2.07. The second kappa shape index (κ2) is 5.95. The van der Waals surface area contributed by atoms with E-state index in [1.807, 2.05) is 19.5 Å². The summed E-state index contributed by atoms with van der Waals surface area (Å²) < 4.78 is 0. The number of carboxylic acid groups (broad SMARTS) is 1. The van der Waals surface area contributed by atoms with E-state index in [1.165, 1.54) is 0 Å². The van der Waals surface area contributed by atoms with Crippen molar-refractivity contribution < 1.29 is 9.90 Å². The van der Waals surface area contributed by atoms with Gasteiger partial charge in [-0.2, -0.15) is 0 Å². The Hall–Kier alpha value is -1.72. The number of aromatic carboxylic acids is 1. The van der Waals surface area contributed by atoms with Gasteiger partial charge in [-0.3, -0.25) is 0 Å². The Bertz CT molecular complexity index is 561. The Morgan fingerprint density at radius 1 is 1.32 bits per heavy atom. The van der Waals surface area contributed by atoms with Crippen LogP contribution in [-0.2, 0) is 6.42 Å². The molecule has 0 aliphatic carbocycles. The summed E-state index contributed by atoms with van der Waals surface area (Å²) in [5.74, 6) is -0.906. The molecule has 2 aromatic rings. The molecule has 1 aromatic heterocycles. The summed E-state index contributed by atoms with van der Waals surface area (Å²) in [5, 5.41) is 12.0. The molecule has 2 rings (SSSR count). The fourth-order valence-corrected chi connectivity index (χ4v) is 2.46. The van der Waals surface area contributed by atoms with Gasteiger partial charge in [-0.15, -0.1) is 11.3 Å². The maximum Gasteiger partial charge on any atom is 0.335 e. The van der Waals surface area contributed by atoms with Crippen LogP contribution in [0.25, 0.3) is 11.3 Å². The summed E-state index contributed by atoms with van der Waals surface area (Å²) in [6.07, 6.45) is 0.935. The molecule has 0 bridgehead atoms. The first-order valence-corrected chi connectivity index (χ1v) is 6.87. The highest BCUT2D eigenvalue weighted by Crippen LogP contribution is 2.22. The second-order valence-electron chi connectivity index (χ2n) is 4.56. The van der Waals surface area contributed by atoms with E-state index in [0.29, 0.717) is 5.56 Å². The van der Waals surface area contributed by atoms with E-state index in [2.05, 4.69) is 9.88 Å². The summed E-state index contributed by atoms with van der Waals surface area (Å²) >= 11 is 1.64. The zero-order chi connectivity index (χ0) is 13.8. The Morgan fingerprint density at radius 3 is 2.58 bits per heavy atom. The third-order valence-corrected chi connectivity index (χ3v) is 3.66. The topological polar surface area (TPSA) is 53.4 Å². The van der Waals surface area contributed by atoms with E-state index in [0.717, 1.165) is 29.2 Å². The molecule has 0 aliphatic rings. The van der Waals surface area contributed by atoms with Crippen LogP contribution < -0.4 is 0 Å². The predicted octanol–water partition coefficient (Wildman–Crippen LogP) is 2.61. The lowest BCUT2D eigenvalue weighted by Gasteiger charge is -2.06. The van der Waals surface area contributed by atoms with Crippen molar-refractivity contribution in [2.45, 2.75) is 6.42 Å². The molecular weight excluding hydrogens is 260 g/mol. The first-order chi connectivity index (χ1) is 9.06. The van der Waals surface area contributed by atoms with E-state index in [9.17, 15) is 4.79 Å². The predicted molar refractivity (Wildman–Crippen MR) is 76.8 cm³/mol. The van der Waals surface area contributed by atoms with Gasteiger partial charge in [0.15, 0.2) is 0 Å². The molecule has 0 fully saturated rings. The number of hydrogen-bond donors (Lipinski definition) is 1. The molecular formula is C14H16N2O2S. The molecule has 0 unspecified atom stereocenters. The third kappa shape index (κ3) is 3.62. The van der Waals surface area contributed by atoms with Crippen molar-refractivity contribution in [2.75, 3.05) is 20.6 Å². The smallest absolute Gasteiger partial charge is 0.335 e. The van der Waals surface area contributed by atoms with Gasteiger partial charge in [-0.25, -0.2) is 9.78 Å². The first-order valence-electron chi connectivity index (χ1n) is 5.99. The van der Waals surface area contributed by atoms with Crippen LogP contribution in [0.5, 0.6) is 0 Å². The van der Waals surface area contributed by atoms with E-state index < -0.39 is 5.97 Å². The number of carboxylic acids is 1. The number of rotatable bonds is 5. The molecule has 100 valence electrons. The SMILES string of the molecule is CN(C)CCc1nc(-c2ccc(C(=O)O)cc2)cs1. The summed E-state index contributed by atoms with van der Waals surface area (Å²) in [6, 6.07) is 6.81. The minimum atomic E-state index is -0.906. The zero-order valence-corrected chi connectivity index (χ0v) is 11.8. The van der Waals surface area contributed by atoms with Crippen molar-refractivity contribution in [1.82, 2.24) is 9.88 Å². The van der Waals surface area contributed by atoms with E-state index >= 15 is 0 Å². The normalized spacial score (nSPS) is 10.9. The number of carbonyl (C=O) groups is 1. The molecule has 1 aromatic carbocycles. The van der Waals surface area contributed by atoms with Crippen LogP contribution in [0.1, 0.15) is 15.4 Å². The quantitative estimate of drug-likeness (QED) is 0.912. The van der Waals surface area contributed by atoms with Crippen LogP contribution >= 0.6 is 11.3 Å². The van der Waals surface area contributed by atoms with E-state index in [4.69, 9.17) is 5.11 Å². The molecule has 0 saturated carbocycles. The Balaban J connectivity index is 2.11. The molecule has 0 saturated heterocycles. The van der Waals surface area contributed by atoms with Crippen molar-refractivity contribution in [3.05, 3.63) is 40.2 Å². The monoisotopic (exact) mass is 276 g/mol. The lowest BCUT2D eigenvalue weighted by Crippen LogP contribution is -2.14. The van der Waals surface area contributed by atoms with Gasteiger partial charge in [0, 0.05) is 23.9 Å². The van der Waals surface area contributed by atoms with Gasteiger partial charge in [0.25, 0.3) is 0 Å². The Kier molecular flexibility index (Phi) is 4.29. The molecule has 1 N–H and O–H groups in total. The maximum atomic E-state index is 10.8. The highest BCUT2D eigenvalue weighted by molar-refractivity contribution is 7.09. The van der Waals surface area contributed by atoms with Gasteiger partial charge in [-0.05, 0) is 26.2 Å². The van der Waals surface area contributed by atoms with Crippen LogP contribution in [0.15, 0.2) is 29.6 Å². The molecule has 4 nitrogen and oxygen atoms in total. The zero-order valence-electron chi connectivity index (χ0n) is 11.0. The van der Waals surface area contributed by atoms with Crippen LogP contribution in [0.4, 0.5) is 0 Å². The molecule has 5 heteroatoms. The van der Waals surface area contributed by atoms with Crippen molar-refractivity contribution in [3.8, 4) is 11.3 Å². The van der Waals surface area contributed by atoms with Crippen molar-refractivity contribution in [1.29, 1.82) is 0 Å². The van der Waals surface area contributed by atoms with Crippen LogP contribution in [0.2, 0.25) is 0 Å². The summed E-state index contributed by atoms with van der Waals surface area (Å²) in [5.41, 5.74) is 2.17. The summed E-state index contributed by atoms with van der Waals surface area (Å²) in [4.78, 5) is 17.5. The molecule has 1 heterocycles. The number of hydrogen-bond acceptors (Lipinski definition) is 4. The van der Waals surface area contributed by atoms with Crippen LogP contribution in [0.3, 0.4) is 0 Å². The van der Waals surface area contributed by atoms with Gasteiger partial charge < -0.3 is 10.0 Å². The molecule has 0 spiro atoms. The van der Waals surface area contributed by atoms with Gasteiger partial charge in [0.1, 0.15) is 0 Å². The molecule has 19 heavy (non-hydrogen) atoms. The fraction of sp³-hybridized carbons (Fsp3) is 0.286. The molecule has 0 atom stereocenters. The van der Waals surface area contributed by atoms with Crippen molar-refractivity contribution in [2.24, 2.45) is 0 Å². The lowest BCUT2D eigenvalue weighted by molar-refractivity contribution is 0.0697. The number of thiazole rings is 1. The fourth-order valence-electron chi connectivity index (χ4n) is 1.66. The number of benzene rings is 1. The average molecular weight is 276 g/mol. The molecule has 0 amide bonds. The third-order valence-electron chi connectivity index (χ3n) is 2.75. The number of nitrogens with zero attached hydrogens (tertiary/aromatic N) is 2. The van der Waals surface area contributed by atoms with Gasteiger partial charge in [0.2, 0.25) is 0 Å². The minimum Gasteiger partial charge on any atom is -0.478 e. The standard InChI is InChI=1S/C14H16N2O2S/c1-16(2)8-7-13-15-12(9-19-13)10-3-5-11(6-4-10)14(17)18/h3-6,9H,7-8H2,1-2H3,(H,17,18). The Morgan fingerprint density at radius 2 is 2.00 bits per heavy atom. The largest absolute Gasteiger partial charge is 0.478 e. The van der Waals surface area contributed by atoms with E-state index in [1.54, 1.807) is 35.6 Å². The summed E-state index contributed by atoms with van der Waals surface area (Å²) in [7, 11) is 4.08. The number of aromatic nitrogens is 1. The Labute approximate surface area is 116 Å². The van der Waals surface area contributed by atoms with Gasteiger partial charge in [0.05, 0.1) is 16.3 Å². The second-order valence-corrected chi connectivity index (χ2v) is 5.50. The first kappa shape index (κ1) is 13.7. The minimum absolute atomic E-state index is 0.298. The average Bonchev–Trinajstić information content (AvgIpc) is 2.85. The van der Waals surface area contributed by atoms with Crippen molar-refractivity contribution >= 4 is 17.3 Å². The number of likely N-dealkylation sites (N-methyl/N-ethyl adjacent to an activating group) is 1. The lowest BCUT2D eigenvalue weighted by atomic mass is 10.1. The molecule has 0 radical (unpaired) electrons. The van der Waals surface area contributed by atoms with Crippen LogP contribution in [0, 0.1) is 0 Å². The summed E-state index contributed by atoms with van der Waals surface area (Å²) in [6.45, 7) is 0.977. The molecule has 0 aliphatic heterocycles. The maximum absolute atomic E-state index is 10.8. The van der Waals surface area contributed by atoms with Gasteiger partial charge >= 0.3 is 5.97 Å². The van der Waals surface area contributed by atoms with Crippen LogP contribution in [-0.4, -0.2) is 41.6 Å². The van der Waals surface area contributed by atoms with Gasteiger partial charge in [-0.1, -0.05) is 12.1 Å². The van der Waals surface area contributed by atoms with E-state index in [-0.39, 0.29) is 0 Å². The van der Waals surface area contributed by atoms with Crippen molar-refractivity contribution in [3.63, 3.8) is 0 Å². The highest BCUT2D eigenvalue weighted by atomic mass is 32.1.